The molecule has 1 saturated carbocycles. The maximum Gasteiger partial charge on any atom is 0.0464 e. The van der Waals surface area contributed by atoms with Crippen molar-refractivity contribution in [3.8, 4) is 0 Å². The van der Waals surface area contributed by atoms with Crippen molar-refractivity contribution in [1.82, 2.24) is 10.2 Å². The molecule has 2 nitrogen and oxygen atoms in total. The Morgan fingerprint density at radius 2 is 1.67 bits per heavy atom. The van der Waals surface area contributed by atoms with Crippen LogP contribution in [0.4, 0.5) is 0 Å². The largest absolute Gasteiger partial charge is 0.312 e. The molecule has 0 aromatic rings. The van der Waals surface area contributed by atoms with Crippen LogP contribution in [0.25, 0.3) is 0 Å². The van der Waals surface area contributed by atoms with Gasteiger partial charge >= 0.3 is 0 Å². The minimum Gasteiger partial charge on any atom is -0.312 e. The summed E-state index contributed by atoms with van der Waals surface area (Å²) in [6.07, 6.45) is 19.4. The van der Waals surface area contributed by atoms with Gasteiger partial charge in [0.25, 0.3) is 0 Å². The summed E-state index contributed by atoms with van der Waals surface area (Å²) in [5.74, 6) is 0. The lowest BCUT2D eigenvalue weighted by molar-refractivity contribution is 0.0481. The first-order valence-corrected chi connectivity index (χ1v) is 9.48. The molecule has 0 aromatic carbocycles. The van der Waals surface area contributed by atoms with Gasteiger partial charge in [0.05, 0.1) is 0 Å². The van der Waals surface area contributed by atoms with E-state index in [2.05, 4.69) is 23.3 Å². The van der Waals surface area contributed by atoms with Crippen LogP contribution < -0.4 is 5.32 Å². The molecule has 0 amide bonds. The van der Waals surface area contributed by atoms with Crippen molar-refractivity contribution >= 4 is 0 Å². The third kappa shape index (κ3) is 3.22. The molecule has 0 aromatic heterocycles. The number of hydrogen-bond acceptors (Lipinski definition) is 2. The fourth-order valence-electron chi connectivity index (χ4n) is 5.22. The number of piperidine rings is 1. The summed E-state index contributed by atoms with van der Waals surface area (Å²) in [6, 6.07) is 0.608. The van der Waals surface area contributed by atoms with E-state index in [1.165, 1.54) is 90.1 Å². The van der Waals surface area contributed by atoms with Crippen LogP contribution in [-0.2, 0) is 0 Å². The van der Waals surface area contributed by atoms with Gasteiger partial charge < -0.3 is 5.32 Å². The second-order valence-electron chi connectivity index (χ2n) is 7.46. The molecule has 0 bridgehead atoms. The predicted molar refractivity (Wildman–Crippen MR) is 90.6 cm³/mol. The van der Waals surface area contributed by atoms with Gasteiger partial charge in [-0.05, 0) is 71.5 Å². The molecule has 1 atom stereocenters. The van der Waals surface area contributed by atoms with Gasteiger partial charge in [-0.15, -0.1) is 0 Å². The number of nitrogens with one attached hydrogen (secondary N) is 1. The SMILES string of the molecule is CNC(C1=CCCCCC1)C1(N2CCCCC2)CCCC1. The highest BCUT2D eigenvalue weighted by atomic mass is 15.2. The summed E-state index contributed by atoms with van der Waals surface area (Å²) in [6.45, 7) is 2.68. The standard InChI is InChI=1S/C19H34N2/c1-20-18(17-11-5-2-3-6-12-17)19(13-7-8-14-19)21-15-9-4-10-16-21/h11,18,20H,2-10,12-16H2,1H3. The molecule has 1 N–H and O–H groups in total. The van der Waals surface area contributed by atoms with Crippen molar-refractivity contribution in [2.75, 3.05) is 20.1 Å². The van der Waals surface area contributed by atoms with Gasteiger partial charge in [0.15, 0.2) is 0 Å². The lowest BCUT2D eigenvalue weighted by atomic mass is 9.79. The lowest BCUT2D eigenvalue weighted by Gasteiger charge is -2.49. The Labute approximate surface area is 131 Å². The van der Waals surface area contributed by atoms with Crippen LogP contribution in [0.1, 0.15) is 77.0 Å². The number of hydrogen-bond donors (Lipinski definition) is 1. The minimum absolute atomic E-state index is 0.436. The molecule has 0 radical (unpaired) electrons. The molecule has 1 unspecified atom stereocenters. The average Bonchev–Trinajstić information content (AvgIpc) is 2.87. The van der Waals surface area contributed by atoms with E-state index in [9.17, 15) is 0 Å². The highest BCUT2D eigenvalue weighted by molar-refractivity contribution is 5.22. The number of likely N-dealkylation sites (N-methyl/N-ethyl adjacent to an activating group) is 1. The van der Waals surface area contributed by atoms with Gasteiger partial charge in [0, 0.05) is 11.6 Å². The van der Waals surface area contributed by atoms with E-state index >= 15 is 0 Å². The van der Waals surface area contributed by atoms with E-state index in [4.69, 9.17) is 0 Å². The quantitative estimate of drug-likeness (QED) is 0.778. The second kappa shape index (κ2) is 7.28. The van der Waals surface area contributed by atoms with Gasteiger partial charge in [0.1, 0.15) is 0 Å². The van der Waals surface area contributed by atoms with Crippen molar-refractivity contribution in [3.05, 3.63) is 11.6 Å². The Morgan fingerprint density at radius 1 is 0.952 bits per heavy atom. The molecule has 1 aliphatic heterocycles. The fourth-order valence-corrected chi connectivity index (χ4v) is 5.22. The van der Waals surface area contributed by atoms with E-state index in [1.54, 1.807) is 5.57 Å². The van der Waals surface area contributed by atoms with Crippen LogP contribution in [0, 0.1) is 0 Å². The summed E-state index contributed by atoms with van der Waals surface area (Å²) in [4.78, 5) is 2.89. The minimum atomic E-state index is 0.436. The molecule has 1 saturated heterocycles. The molecule has 2 aliphatic carbocycles. The van der Waals surface area contributed by atoms with Gasteiger partial charge in [0.2, 0.25) is 0 Å². The number of nitrogens with zero attached hydrogens (tertiary/aromatic N) is 1. The Bertz CT molecular complexity index is 349. The van der Waals surface area contributed by atoms with Crippen LogP contribution in [0.15, 0.2) is 11.6 Å². The van der Waals surface area contributed by atoms with Gasteiger partial charge in [-0.3, -0.25) is 4.90 Å². The summed E-state index contributed by atoms with van der Waals surface area (Å²) in [7, 11) is 2.21. The number of likely N-dealkylation sites (tertiary alicyclic amines) is 1. The number of rotatable bonds is 4. The zero-order valence-corrected chi connectivity index (χ0v) is 14.0. The molecule has 3 rings (SSSR count). The normalized spacial score (nSPS) is 28.9. The maximum absolute atomic E-state index is 3.77. The van der Waals surface area contributed by atoms with E-state index in [0.717, 1.165) is 0 Å². The van der Waals surface area contributed by atoms with Crippen molar-refractivity contribution in [3.63, 3.8) is 0 Å². The molecule has 3 aliphatic rings. The molecular formula is C19H34N2. The van der Waals surface area contributed by atoms with E-state index in [0.29, 0.717) is 11.6 Å². The second-order valence-corrected chi connectivity index (χ2v) is 7.46. The Kier molecular flexibility index (Phi) is 5.39. The summed E-state index contributed by atoms with van der Waals surface area (Å²) < 4.78 is 0. The zero-order valence-electron chi connectivity index (χ0n) is 14.0. The molecule has 2 heteroatoms. The summed E-state index contributed by atoms with van der Waals surface area (Å²) in [5, 5.41) is 3.77. The highest BCUT2D eigenvalue weighted by Crippen LogP contribution is 2.42. The predicted octanol–water partition coefficient (Wildman–Crippen LogP) is 4.26. The van der Waals surface area contributed by atoms with Gasteiger partial charge in [-0.25, -0.2) is 0 Å². The first kappa shape index (κ1) is 15.6. The smallest absolute Gasteiger partial charge is 0.0464 e. The fraction of sp³-hybridized carbons (Fsp3) is 0.895. The molecule has 0 spiro atoms. The van der Waals surface area contributed by atoms with Crippen molar-refractivity contribution in [2.24, 2.45) is 0 Å². The van der Waals surface area contributed by atoms with Crippen LogP contribution in [0.2, 0.25) is 0 Å². The lowest BCUT2D eigenvalue weighted by Crippen LogP contribution is -2.61. The Morgan fingerprint density at radius 3 is 2.38 bits per heavy atom. The molecule has 2 fully saturated rings. The third-order valence-electron chi connectivity index (χ3n) is 6.23. The third-order valence-corrected chi connectivity index (χ3v) is 6.23. The van der Waals surface area contributed by atoms with Crippen molar-refractivity contribution in [2.45, 2.75) is 88.6 Å². The Hall–Kier alpha value is -0.340. The van der Waals surface area contributed by atoms with Crippen LogP contribution in [0.5, 0.6) is 0 Å². The first-order valence-electron chi connectivity index (χ1n) is 9.48. The molecule has 1 heterocycles. The summed E-state index contributed by atoms with van der Waals surface area (Å²) >= 11 is 0. The van der Waals surface area contributed by atoms with Crippen molar-refractivity contribution < 1.29 is 0 Å². The molecule has 120 valence electrons. The molecular weight excluding hydrogens is 256 g/mol. The Balaban J connectivity index is 1.84. The monoisotopic (exact) mass is 290 g/mol. The topological polar surface area (TPSA) is 15.3 Å². The van der Waals surface area contributed by atoms with Gasteiger partial charge in [-0.2, -0.15) is 0 Å². The molecule has 21 heavy (non-hydrogen) atoms. The summed E-state index contributed by atoms with van der Waals surface area (Å²) in [5.41, 5.74) is 2.17. The van der Waals surface area contributed by atoms with Crippen LogP contribution >= 0.6 is 0 Å². The van der Waals surface area contributed by atoms with E-state index in [1.807, 2.05) is 0 Å². The average molecular weight is 290 g/mol. The van der Waals surface area contributed by atoms with Crippen LogP contribution in [-0.4, -0.2) is 36.6 Å². The number of allylic oxidation sites excluding steroid dienone is 1. The van der Waals surface area contributed by atoms with E-state index in [-0.39, 0.29) is 0 Å². The highest BCUT2D eigenvalue weighted by Gasteiger charge is 2.46. The van der Waals surface area contributed by atoms with E-state index < -0.39 is 0 Å². The van der Waals surface area contributed by atoms with Crippen LogP contribution in [0.3, 0.4) is 0 Å². The first-order chi connectivity index (χ1) is 10.4. The van der Waals surface area contributed by atoms with Crippen molar-refractivity contribution in [1.29, 1.82) is 0 Å². The maximum atomic E-state index is 3.77. The van der Waals surface area contributed by atoms with Gasteiger partial charge in [-0.1, -0.05) is 37.3 Å². The zero-order chi connectivity index (χ0) is 14.5.